The number of sulfonamides is 1. The molecule has 0 aliphatic heterocycles. The Balaban J connectivity index is 3.03. The van der Waals surface area contributed by atoms with E-state index in [0.717, 1.165) is 12.8 Å². The lowest BCUT2D eigenvalue weighted by atomic mass is 10.2. The van der Waals surface area contributed by atoms with Crippen LogP contribution in [-0.2, 0) is 10.0 Å². The molecule has 0 bridgehead atoms. The number of aliphatic hydroxyl groups excluding tert-OH is 1. The fourth-order valence-corrected chi connectivity index (χ4v) is 3.42. The molecule has 21 heavy (non-hydrogen) atoms. The highest BCUT2D eigenvalue weighted by molar-refractivity contribution is 7.89. The number of aliphatic hydroxyl groups is 1. The minimum absolute atomic E-state index is 0.00557. The minimum atomic E-state index is -3.46. The van der Waals surface area contributed by atoms with Crippen molar-refractivity contribution in [1.82, 2.24) is 4.31 Å². The summed E-state index contributed by atoms with van der Waals surface area (Å²) < 4.78 is 26.7. The van der Waals surface area contributed by atoms with Crippen LogP contribution in [0.1, 0.15) is 38.7 Å². The van der Waals surface area contributed by atoms with Crippen LogP contribution < -0.4 is 0 Å². The summed E-state index contributed by atoms with van der Waals surface area (Å²) in [6.07, 6.45) is 2.19. The van der Waals surface area contributed by atoms with E-state index in [1.165, 1.54) is 4.31 Å². The smallest absolute Gasteiger partial charge is 0.243 e. The Morgan fingerprint density at radius 1 is 1.29 bits per heavy atom. The lowest BCUT2D eigenvalue weighted by molar-refractivity contribution is 0.305. The molecule has 0 saturated carbocycles. The average molecular weight is 309 g/mol. The van der Waals surface area contributed by atoms with Crippen LogP contribution in [0.5, 0.6) is 0 Å². The summed E-state index contributed by atoms with van der Waals surface area (Å²) in [7, 11) is -3.46. The molecule has 1 N–H and O–H groups in total. The van der Waals surface area contributed by atoms with E-state index in [4.69, 9.17) is 5.11 Å². The molecule has 1 aromatic carbocycles. The van der Waals surface area contributed by atoms with Crippen LogP contribution in [0.15, 0.2) is 29.2 Å². The van der Waals surface area contributed by atoms with Crippen molar-refractivity contribution in [3.8, 4) is 11.8 Å². The standard InChI is InChI=1S/C16H23NO3S/c1-3-5-12-17(4-2)21(19,20)16-11-8-10-15(14-16)9-6-7-13-18/h8,10-11,14,18H,3-5,7,12-13H2,1-2H3. The second kappa shape index (κ2) is 8.83. The first-order valence-electron chi connectivity index (χ1n) is 7.26. The van der Waals surface area contributed by atoms with E-state index in [0.29, 0.717) is 25.1 Å². The Bertz CT molecular complexity index is 599. The lowest BCUT2D eigenvalue weighted by Gasteiger charge is -2.20. The molecule has 0 saturated heterocycles. The normalized spacial score (nSPS) is 11.2. The topological polar surface area (TPSA) is 57.6 Å². The monoisotopic (exact) mass is 309 g/mol. The average Bonchev–Trinajstić information content (AvgIpc) is 2.48. The second-order valence-electron chi connectivity index (χ2n) is 4.65. The van der Waals surface area contributed by atoms with Crippen LogP contribution in [0.2, 0.25) is 0 Å². The minimum Gasteiger partial charge on any atom is -0.395 e. The Labute approximate surface area is 127 Å². The highest BCUT2D eigenvalue weighted by atomic mass is 32.2. The molecular formula is C16H23NO3S. The van der Waals surface area contributed by atoms with Crippen molar-refractivity contribution in [2.45, 2.75) is 38.0 Å². The molecule has 0 radical (unpaired) electrons. The molecule has 0 aromatic heterocycles. The van der Waals surface area contributed by atoms with E-state index in [9.17, 15) is 8.42 Å². The first-order chi connectivity index (χ1) is 10.1. The van der Waals surface area contributed by atoms with Gasteiger partial charge in [-0.05, 0) is 24.6 Å². The molecule has 0 aliphatic rings. The van der Waals surface area contributed by atoms with Crippen molar-refractivity contribution >= 4 is 10.0 Å². The summed E-state index contributed by atoms with van der Waals surface area (Å²) in [5, 5.41) is 8.71. The fourth-order valence-electron chi connectivity index (χ4n) is 1.89. The van der Waals surface area contributed by atoms with Gasteiger partial charge in [-0.2, -0.15) is 4.31 Å². The van der Waals surface area contributed by atoms with Gasteiger partial charge in [0.05, 0.1) is 11.5 Å². The highest BCUT2D eigenvalue weighted by Crippen LogP contribution is 2.17. The largest absolute Gasteiger partial charge is 0.395 e. The maximum Gasteiger partial charge on any atom is 0.243 e. The molecule has 0 fully saturated rings. The van der Waals surface area contributed by atoms with E-state index >= 15 is 0 Å². The van der Waals surface area contributed by atoms with Gasteiger partial charge in [0.2, 0.25) is 10.0 Å². The van der Waals surface area contributed by atoms with Crippen molar-refractivity contribution in [2.24, 2.45) is 0 Å². The predicted molar refractivity (Wildman–Crippen MR) is 84.4 cm³/mol. The van der Waals surface area contributed by atoms with Gasteiger partial charge in [0, 0.05) is 25.1 Å². The molecule has 0 unspecified atom stereocenters. The maximum atomic E-state index is 12.6. The molecule has 0 atom stereocenters. The summed E-state index contributed by atoms with van der Waals surface area (Å²) in [6.45, 7) is 4.89. The highest BCUT2D eigenvalue weighted by Gasteiger charge is 2.22. The summed E-state index contributed by atoms with van der Waals surface area (Å²) >= 11 is 0. The molecule has 5 heteroatoms. The Morgan fingerprint density at radius 3 is 2.67 bits per heavy atom. The molecule has 0 heterocycles. The molecule has 0 amide bonds. The van der Waals surface area contributed by atoms with Crippen LogP contribution in [0.3, 0.4) is 0 Å². The van der Waals surface area contributed by atoms with Gasteiger partial charge in [-0.1, -0.05) is 38.2 Å². The van der Waals surface area contributed by atoms with Crippen molar-refractivity contribution < 1.29 is 13.5 Å². The van der Waals surface area contributed by atoms with Crippen molar-refractivity contribution in [3.05, 3.63) is 29.8 Å². The van der Waals surface area contributed by atoms with Gasteiger partial charge in [-0.15, -0.1) is 0 Å². The third kappa shape index (κ3) is 5.16. The van der Waals surface area contributed by atoms with Crippen molar-refractivity contribution in [1.29, 1.82) is 0 Å². The Hall–Kier alpha value is -1.35. The summed E-state index contributed by atoms with van der Waals surface area (Å²) in [6, 6.07) is 6.66. The first kappa shape index (κ1) is 17.7. The van der Waals surface area contributed by atoms with E-state index < -0.39 is 10.0 Å². The predicted octanol–water partition coefficient (Wildman–Crippen LogP) is 2.23. The first-order valence-corrected chi connectivity index (χ1v) is 8.70. The van der Waals surface area contributed by atoms with Gasteiger partial charge in [0.25, 0.3) is 0 Å². The molecule has 116 valence electrons. The van der Waals surface area contributed by atoms with Gasteiger partial charge in [0.1, 0.15) is 0 Å². The number of hydrogen-bond donors (Lipinski definition) is 1. The zero-order chi connectivity index (χ0) is 15.7. The van der Waals surface area contributed by atoms with Gasteiger partial charge in [-0.3, -0.25) is 0 Å². The van der Waals surface area contributed by atoms with E-state index in [-0.39, 0.29) is 11.5 Å². The second-order valence-corrected chi connectivity index (χ2v) is 6.59. The number of rotatable bonds is 7. The van der Waals surface area contributed by atoms with E-state index in [1.54, 1.807) is 24.3 Å². The van der Waals surface area contributed by atoms with Crippen LogP contribution in [0.4, 0.5) is 0 Å². The fraction of sp³-hybridized carbons (Fsp3) is 0.500. The third-order valence-corrected chi connectivity index (χ3v) is 5.03. The van der Waals surface area contributed by atoms with E-state index in [1.807, 2.05) is 13.8 Å². The van der Waals surface area contributed by atoms with E-state index in [2.05, 4.69) is 11.8 Å². The van der Waals surface area contributed by atoms with Crippen LogP contribution in [0, 0.1) is 11.8 Å². The molecule has 1 rings (SSSR count). The SMILES string of the molecule is CCCCN(CC)S(=O)(=O)c1cccc(C#CCCO)c1. The van der Waals surface area contributed by atoms with Gasteiger partial charge in [-0.25, -0.2) is 8.42 Å². The number of nitrogens with zero attached hydrogens (tertiary/aromatic N) is 1. The zero-order valence-corrected chi connectivity index (χ0v) is 13.5. The summed E-state index contributed by atoms with van der Waals surface area (Å²) in [4.78, 5) is 0.274. The number of hydrogen-bond acceptors (Lipinski definition) is 3. The van der Waals surface area contributed by atoms with Gasteiger partial charge in [0.15, 0.2) is 0 Å². The third-order valence-electron chi connectivity index (χ3n) is 3.06. The van der Waals surface area contributed by atoms with Crippen LogP contribution in [0.25, 0.3) is 0 Å². The molecule has 0 spiro atoms. The van der Waals surface area contributed by atoms with Crippen LogP contribution in [-0.4, -0.2) is 37.5 Å². The molecular weight excluding hydrogens is 286 g/mol. The zero-order valence-electron chi connectivity index (χ0n) is 12.7. The number of unbranched alkanes of at least 4 members (excludes halogenated alkanes) is 1. The quantitative estimate of drug-likeness (QED) is 0.786. The van der Waals surface area contributed by atoms with Gasteiger partial charge < -0.3 is 5.11 Å². The molecule has 1 aromatic rings. The van der Waals surface area contributed by atoms with Gasteiger partial charge >= 0.3 is 0 Å². The molecule has 0 aliphatic carbocycles. The van der Waals surface area contributed by atoms with Crippen molar-refractivity contribution in [3.63, 3.8) is 0 Å². The van der Waals surface area contributed by atoms with Crippen LogP contribution >= 0.6 is 0 Å². The summed E-state index contributed by atoms with van der Waals surface area (Å²) in [5.41, 5.74) is 0.649. The molecule has 4 nitrogen and oxygen atoms in total. The van der Waals surface area contributed by atoms with Crippen molar-refractivity contribution in [2.75, 3.05) is 19.7 Å². The Morgan fingerprint density at radius 2 is 2.05 bits per heavy atom. The number of benzene rings is 1. The Kier molecular flexibility index (Phi) is 7.44. The lowest BCUT2D eigenvalue weighted by Crippen LogP contribution is -2.31. The summed E-state index contributed by atoms with van der Waals surface area (Å²) in [5.74, 6) is 5.66. The maximum absolute atomic E-state index is 12.6.